The van der Waals surface area contributed by atoms with Crippen LogP contribution in [0.25, 0.3) is 0 Å². The van der Waals surface area contributed by atoms with Gasteiger partial charge in [0.15, 0.2) is 0 Å². The molecule has 20 heavy (non-hydrogen) atoms. The Hall–Kier alpha value is -2.04. The van der Waals surface area contributed by atoms with E-state index in [4.69, 9.17) is 9.84 Å². The van der Waals surface area contributed by atoms with Crippen LogP contribution in [0.5, 0.6) is 5.75 Å². The molecule has 5 nitrogen and oxygen atoms in total. The Morgan fingerprint density at radius 3 is 2.50 bits per heavy atom. The zero-order valence-electron chi connectivity index (χ0n) is 12.1. The van der Waals surface area contributed by atoms with Crippen molar-refractivity contribution in [2.24, 2.45) is 0 Å². The third-order valence-corrected chi connectivity index (χ3v) is 2.74. The number of amides is 1. The van der Waals surface area contributed by atoms with Crippen molar-refractivity contribution >= 4 is 11.9 Å². The Balaban J connectivity index is 2.81. The highest BCUT2D eigenvalue weighted by atomic mass is 16.5. The standard InChI is InChI=1S/C15H21NO4/c1-4-16(10-15(18)19)14(17)9-12-7-5-6-8-13(12)20-11(2)3/h5-8,11H,4,9-10H2,1-3H3,(H,18,19). The number of aliphatic carboxylic acids is 1. The smallest absolute Gasteiger partial charge is 0.323 e. The zero-order chi connectivity index (χ0) is 15.1. The van der Waals surface area contributed by atoms with Gasteiger partial charge in [0, 0.05) is 12.1 Å². The van der Waals surface area contributed by atoms with E-state index in [0.717, 1.165) is 5.56 Å². The van der Waals surface area contributed by atoms with Crippen molar-refractivity contribution in [2.45, 2.75) is 33.3 Å². The Kier molecular flexibility index (Phi) is 6.03. The number of hydrogen-bond acceptors (Lipinski definition) is 3. The van der Waals surface area contributed by atoms with E-state index in [0.29, 0.717) is 12.3 Å². The maximum atomic E-state index is 12.1. The minimum atomic E-state index is -1.01. The van der Waals surface area contributed by atoms with Crippen LogP contribution in [0.4, 0.5) is 0 Å². The van der Waals surface area contributed by atoms with Gasteiger partial charge in [0.25, 0.3) is 0 Å². The maximum Gasteiger partial charge on any atom is 0.323 e. The van der Waals surface area contributed by atoms with Crippen molar-refractivity contribution < 1.29 is 19.4 Å². The normalized spacial score (nSPS) is 10.4. The molecule has 0 saturated heterocycles. The van der Waals surface area contributed by atoms with Gasteiger partial charge >= 0.3 is 5.97 Å². The molecule has 0 aliphatic carbocycles. The molecule has 1 aromatic carbocycles. The molecule has 0 aromatic heterocycles. The first kappa shape index (κ1) is 16.0. The number of para-hydroxylation sites is 1. The first-order valence-corrected chi connectivity index (χ1v) is 6.68. The number of rotatable bonds is 7. The number of carbonyl (C=O) groups is 2. The van der Waals surface area contributed by atoms with Gasteiger partial charge in [0.05, 0.1) is 12.5 Å². The topological polar surface area (TPSA) is 66.8 Å². The van der Waals surface area contributed by atoms with E-state index in [1.807, 2.05) is 38.1 Å². The molecule has 5 heteroatoms. The van der Waals surface area contributed by atoms with Crippen LogP contribution >= 0.6 is 0 Å². The molecule has 1 amide bonds. The van der Waals surface area contributed by atoms with Crippen LogP contribution < -0.4 is 4.74 Å². The Bertz CT molecular complexity index is 471. The van der Waals surface area contributed by atoms with Gasteiger partial charge in [-0.1, -0.05) is 18.2 Å². The fourth-order valence-corrected chi connectivity index (χ4v) is 1.83. The Morgan fingerprint density at radius 1 is 1.30 bits per heavy atom. The average molecular weight is 279 g/mol. The third-order valence-electron chi connectivity index (χ3n) is 2.74. The lowest BCUT2D eigenvalue weighted by Crippen LogP contribution is -2.36. The van der Waals surface area contributed by atoms with Crippen LogP contribution in [0, 0.1) is 0 Å². The summed E-state index contributed by atoms with van der Waals surface area (Å²) >= 11 is 0. The number of carboxylic acid groups (broad SMARTS) is 1. The van der Waals surface area contributed by atoms with Crippen LogP contribution in [0.2, 0.25) is 0 Å². The second-order valence-corrected chi connectivity index (χ2v) is 4.75. The summed E-state index contributed by atoms with van der Waals surface area (Å²) in [4.78, 5) is 24.2. The van der Waals surface area contributed by atoms with E-state index in [1.165, 1.54) is 4.90 Å². The highest BCUT2D eigenvalue weighted by molar-refractivity contribution is 5.83. The first-order valence-electron chi connectivity index (χ1n) is 6.68. The number of hydrogen-bond donors (Lipinski definition) is 1. The van der Waals surface area contributed by atoms with E-state index in [1.54, 1.807) is 6.92 Å². The van der Waals surface area contributed by atoms with Crippen molar-refractivity contribution in [2.75, 3.05) is 13.1 Å². The molecule has 0 atom stereocenters. The van der Waals surface area contributed by atoms with Gasteiger partial charge in [-0.05, 0) is 26.8 Å². The van der Waals surface area contributed by atoms with Crippen molar-refractivity contribution in [3.05, 3.63) is 29.8 Å². The largest absolute Gasteiger partial charge is 0.491 e. The van der Waals surface area contributed by atoms with Gasteiger partial charge in [-0.3, -0.25) is 9.59 Å². The van der Waals surface area contributed by atoms with Crippen molar-refractivity contribution in [3.63, 3.8) is 0 Å². The SMILES string of the molecule is CCN(CC(=O)O)C(=O)Cc1ccccc1OC(C)C. The summed E-state index contributed by atoms with van der Waals surface area (Å²) in [6.07, 6.45) is 0.164. The Morgan fingerprint density at radius 2 is 1.95 bits per heavy atom. The number of ether oxygens (including phenoxy) is 1. The van der Waals surface area contributed by atoms with Gasteiger partial charge in [0.2, 0.25) is 5.91 Å². The zero-order valence-corrected chi connectivity index (χ0v) is 12.1. The predicted molar refractivity (Wildman–Crippen MR) is 75.8 cm³/mol. The Labute approximate surface area is 119 Å². The molecule has 1 aromatic rings. The molecule has 0 spiro atoms. The summed E-state index contributed by atoms with van der Waals surface area (Å²) < 4.78 is 5.65. The molecule has 1 N–H and O–H groups in total. The van der Waals surface area contributed by atoms with Crippen molar-refractivity contribution in [1.82, 2.24) is 4.90 Å². The summed E-state index contributed by atoms with van der Waals surface area (Å²) in [5, 5.41) is 8.78. The van der Waals surface area contributed by atoms with Crippen LogP contribution in [-0.2, 0) is 16.0 Å². The second kappa shape index (κ2) is 7.53. The summed E-state index contributed by atoms with van der Waals surface area (Å²) in [7, 11) is 0. The minimum absolute atomic E-state index is 0.0209. The first-order chi connectivity index (χ1) is 9.43. The molecule has 0 aliphatic rings. The van der Waals surface area contributed by atoms with E-state index < -0.39 is 5.97 Å². The quantitative estimate of drug-likeness (QED) is 0.828. The molecule has 0 bridgehead atoms. The predicted octanol–water partition coefficient (Wildman–Crippen LogP) is 1.95. The molecule has 0 fully saturated rings. The maximum absolute atomic E-state index is 12.1. The lowest BCUT2D eigenvalue weighted by atomic mass is 10.1. The summed E-state index contributed by atoms with van der Waals surface area (Å²) in [6.45, 7) is 5.70. The van der Waals surface area contributed by atoms with E-state index >= 15 is 0 Å². The minimum Gasteiger partial charge on any atom is -0.491 e. The van der Waals surface area contributed by atoms with Gasteiger partial charge < -0.3 is 14.7 Å². The summed E-state index contributed by atoms with van der Waals surface area (Å²) in [5.41, 5.74) is 0.773. The number of carboxylic acids is 1. The third kappa shape index (κ3) is 4.91. The van der Waals surface area contributed by atoms with Gasteiger partial charge in [-0.15, -0.1) is 0 Å². The summed E-state index contributed by atoms with van der Waals surface area (Å²) in [6, 6.07) is 7.32. The van der Waals surface area contributed by atoms with Crippen LogP contribution in [0.1, 0.15) is 26.3 Å². The molecular weight excluding hydrogens is 258 g/mol. The monoisotopic (exact) mass is 279 g/mol. The van der Waals surface area contributed by atoms with Gasteiger partial charge in [-0.2, -0.15) is 0 Å². The molecule has 1 rings (SSSR count). The lowest BCUT2D eigenvalue weighted by molar-refractivity contribution is -0.144. The fraction of sp³-hybridized carbons (Fsp3) is 0.467. The van der Waals surface area contributed by atoms with Crippen LogP contribution in [0.15, 0.2) is 24.3 Å². The van der Waals surface area contributed by atoms with Gasteiger partial charge in [-0.25, -0.2) is 0 Å². The second-order valence-electron chi connectivity index (χ2n) is 4.75. The van der Waals surface area contributed by atoms with E-state index in [9.17, 15) is 9.59 Å². The molecule has 0 aliphatic heterocycles. The number of benzene rings is 1. The molecule has 0 saturated carbocycles. The molecule has 0 radical (unpaired) electrons. The summed E-state index contributed by atoms with van der Waals surface area (Å²) in [5.74, 6) is -0.552. The van der Waals surface area contributed by atoms with Crippen LogP contribution in [0.3, 0.4) is 0 Å². The highest BCUT2D eigenvalue weighted by Crippen LogP contribution is 2.20. The molecular formula is C15H21NO4. The average Bonchev–Trinajstić information content (AvgIpc) is 2.37. The number of likely N-dealkylation sites (N-methyl/N-ethyl adjacent to an activating group) is 1. The van der Waals surface area contributed by atoms with Crippen molar-refractivity contribution in [3.8, 4) is 5.75 Å². The lowest BCUT2D eigenvalue weighted by Gasteiger charge is -2.20. The molecule has 0 heterocycles. The molecule has 0 unspecified atom stereocenters. The van der Waals surface area contributed by atoms with Crippen molar-refractivity contribution in [1.29, 1.82) is 0 Å². The van der Waals surface area contributed by atoms with Gasteiger partial charge in [0.1, 0.15) is 12.3 Å². The van der Waals surface area contributed by atoms with E-state index in [2.05, 4.69) is 0 Å². The van der Waals surface area contributed by atoms with Crippen LogP contribution in [-0.4, -0.2) is 41.1 Å². The molecule has 110 valence electrons. The number of nitrogens with zero attached hydrogens (tertiary/aromatic N) is 1. The van der Waals surface area contributed by atoms with E-state index in [-0.39, 0.29) is 25.0 Å². The highest BCUT2D eigenvalue weighted by Gasteiger charge is 2.17. The fourth-order valence-electron chi connectivity index (χ4n) is 1.83. The number of carbonyl (C=O) groups excluding carboxylic acids is 1.